The second-order valence-corrected chi connectivity index (χ2v) is 5.01. The lowest BCUT2D eigenvalue weighted by molar-refractivity contribution is -0.158. The van der Waals surface area contributed by atoms with Crippen LogP contribution in [0.2, 0.25) is 0 Å². The number of carbonyl (C=O) groups excluding carboxylic acids is 2. The van der Waals surface area contributed by atoms with Crippen LogP contribution in [0.1, 0.15) is 6.42 Å². The minimum atomic E-state index is -1.15. The third kappa shape index (κ3) is 3.24. The second-order valence-electron chi connectivity index (χ2n) is 5.01. The number of nitrogens with zero attached hydrogens (tertiary/aromatic N) is 2. The topological polar surface area (TPSA) is 117 Å². The van der Waals surface area contributed by atoms with Crippen molar-refractivity contribution in [3.05, 3.63) is 0 Å². The number of amides is 2. The molecular formula is C12H18N2O7. The maximum Gasteiger partial charge on any atom is 0.336 e. The highest BCUT2D eigenvalue weighted by Gasteiger charge is 2.42. The van der Waals surface area contributed by atoms with Gasteiger partial charge in [-0.05, 0) is 0 Å². The van der Waals surface area contributed by atoms with Crippen LogP contribution in [0.25, 0.3) is 0 Å². The number of morpholine rings is 1. The highest BCUT2D eigenvalue weighted by atomic mass is 16.6. The van der Waals surface area contributed by atoms with E-state index in [1.54, 1.807) is 0 Å². The lowest BCUT2D eigenvalue weighted by Gasteiger charge is -2.35. The number of urea groups is 1. The number of aliphatic carboxylic acids is 1. The van der Waals surface area contributed by atoms with E-state index >= 15 is 0 Å². The van der Waals surface area contributed by atoms with E-state index in [4.69, 9.17) is 9.84 Å². The Kier molecular flexibility index (Phi) is 4.63. The predicted octanol–water partition coefficient (Wildman–Crippen LogP) is -1.50. The number of hydrogen-bond donors (Lipinski definition) is 2. The van der Waals surface area contributed by atoms with Gasteiger partial charge < -0.3 is 29.5 Å². The summed E-state index contributed by atoms with van der Waals surface area (Å²) < 4.78 is 9.79. The van der Waals surface area contributed by atoms with E-state index in [1.165, 1.54) is 12.0 Å². The van der Waals surface area contributed by atoms with E-state index in [-0.39, 0.29) is 32.7 Å². The monoisotopic (exact) mass is 302 g/mol. The molecule has 2 aliphatic heterocycles. The molecule has 0 saturated carbocycles. The molecule has 0 radical (unpaired) electrons. The van der Waals surface area contributed by atoms with Gasteiger partial charge in [-0.1, -0.05) is 0 Å². The first-order valence-corrected chi connectivity index (χ1v) is 6.60. The number of rotatable bonds is 2. The van der Waals surface area contributed by atoms with Crippen molar-refractivity contribution in [2.75, 3.05) is 33.4 Å². The third-order valence-corrected chi connectivity index (χ3v) is 3.61. The van der Waals surface area contributed by atoms with Gasteiger partial charge in [-0.2, -0.15) is 0 Å². The van der Waals surface area contributed by atoms with Crippen molar-refractivity contribution in [3.8, 4) is 0 Å². The van der Waals surface area contributed by atoms with E-state index in [0.29, 0.717) is 0 Å². The van der Waals surface area contributed by atoms with E-state index in [2.05, 4.69) is 4.74 Å². The van der Waals surface area contributed by atoms with Crippen molar-refractivity contribution < 1.29 is 34.1 Å². The summed E-state index contributed by atoms with van der Waals surface area (Å²) in [6, 6.07) is -1.57. The highest BCUT2D eigenvalue weighted by Crippen LogP contribution is 2.21. The smallest absolute Gasteiger partial charge is 0.336 e. The molecular weight excluding hydrogens is 284 g/mol. The zero-order valence-corrected chi connectivity index (χ0v) is 11.6. The zero-order valence-electron chi connectivity index (χ0n) is 11.6. The molecule has 118 valence electrons. The molecule has 2 aliphatic rings. The van der Waals surface area contributed by atoms with Crippen molar-refractivity contribution in [3.63, 3.8) is 0 Å². The van der Waals surface area contributed by atoms with Crippen LogP contribution in [-0.2, 0) is 19.1 Å². The zero-order chi connectivity index (χ0) is 15.6. The molecule has 0 aromatic carbocycles. The van der Waals surface area contributed by atoms with Gasteiger partial charge in [0.2, 0.25) is 0 Å². The molecule has 0 aromatic rings. The average Bonchev–Trinajstić information content (AvgIpc) is 2.88. The first-order valence-electron chi connectivity index (χ1n) is 6.60. The predicted molar refractivity (Wildman–Crippen MR) is 67.5 cm³/mol. The first kappa shape index (κ1) is 15.5. The number of ether oxygens (including phenoxy) is 2. The largest absolute Gasteiger partial charge is 0.480 e. The van der Waals surface area contributed by atoms with E-state index in [9.17, 15) is 19.5 Å². The van der Waals surface area contributed by atoms with Crippen molar-refractivity contribution in [1.29, 1.82) is 0 Å². The van der Waals surface area contributed by atoms with E-state index in [1.807, 2.05) is 0 Å². The quantitative estimate of drug-likeness (QED) is 0.596. The molecule has 2 amide bonds. The van der Waals surface area contributed by atoms with E-state index < -0.39 is 36.2 Å². The summed E-state index contributed by atoms with van der Waals surface area (Å²) in [4.78, 5) is 37.4. The van der Waals surface area contributed by atoms with Crippen LogP contribution in [0.3, 0.4) is 0 Å². The van der Waals surface area contributed by atoms with Crippen LogP contribution >= 0.6 is 0 Å². The molecule has 21 heavy (non-hydrogen) atoms. The molecule has 2 N–H and O–H groups in total. The Labute approximate surface area is 121 Å². The van der Waals surface area contributed by atoms with Crippen LogP contribution in [0.5, 0.6) is 0 Å². The van der Waals surface area contributed by atoms with Gasteiger partial charge in [0.15, 0.2) is 6.10 Å². The summed E-state index contributed by atoms with van der Waals surface area (Å²) in [5.74, 6) is -1.73. The number of hydrogen-bond acceptors (Lipinski definition) is 6. The van der Waals surface area contributed by atoms with Crippen molar-refractivity contribution >= 4 is 18.0 Å². The normalized spacial score (nSPS) is 29.3. The summed E-state index contributed by atoms with van der Waals surface area (Å²) in [5.41, 5.74) is 0. The van der Waals surface area contributed by atoms with Gasteiger partial charge in [0.05, 0.1) is 26.4 Å². The SMILES string of the molecule is COC(=O)C1CN(C(=O)N2C[C@@H](O)C[C@H]2C(=O)O)CCO1. The maximum atomic E-state index is 12.4. The molecule has 0 bridgehead atoms. The number of β-amino-alcohol motifs (C(OH)–C–C–N with tert-alkyl or cyclic N) is 1. The van der Waals surface area contributed by atoms with Crippen LogP contribution in [0.4, 0.5) is 4.79 Å². The fourth-order valence-corrected chi connectivity index (χ4v) is 2.54. The number of esters is 1. The molecule has 0 spiro atoms. The van der Waals surface area contributed by atoms with E-state index in [0.717, 1.165) is 4.90 Å². The molecule has 3 atom stereocenters. The Balaban J connectivity index is 2.05. The number of likely N-dealkylation sites (tertiary alicyclic amines) is 1. The van der Waals surface area contributed by atoms with Gasteiger partial charge >= 0.3 is 18.0 Å². The summed E-state index contributed by atoms with van der Waals surface area (Å²) in [6.07, 6.45) is -1.72. The van der Waals surface area contributed by atoms with Crippen LogP contribution in [-0.4, -0.2) is 89.6 Å². The second kappa shape index (κ2) is 6.27. The Morgan fingerprint density at radius 1 is 1.29 bits per heavy atom. The van der Waals surface area contributed by atoms with Gasteiger partial charge in [0, 0.05) is 19.5 Å². The lowest BCUT2D eigenvalue weighted by Crippen LogP contribution is -2.55. The molecule has 1 unspecified atom stereocenters. The molecule has 9 heteroatoms. The fraction of sp³-hybridized carbons (Fsp3) is 0.750. The van der Waals surface area contributed by atoms with Gasteiger partial charge in [-0.3, -0.25) is 0 Å². The number of methoxy groups -OCH3 is 1. The standard InChI is InChI=1S/C12H18N2O7/c1-20-11(18)9-6-13(2-3-21-9)12(19)14-5-7(15)4-8(14)10(16)17/h7-9,15H,2-6H2,1H3,(H,16,17)/t7-,8-,9?/m0/s1. The van der Waals surface area contributed by atoms with Crippen molar-refractivity contribution in [2.45, 2.75) is 24.7 Å². The Morgan fingerprint density at radius 2 is 2.00 bits per heavy atom. The number of aliphatic hydroxyl groups is 1. The highest BCUT2D eigenvalue weighted by molar-refractivity contribution is 5.84. The van der Waals surface area contributed by atoms with Crippen LogP contribution < -0.4 is 0 Å². The summed E-state index contributed by atoms with van der Waals surface area (Å²) in [6.45, 7) is 0.394. The molecule has 2 saturated heterocycles. The van der Waals surface area contributed by atoms with Crippen molar-refractivity contribution in [1.82, 2.24) is 9.80 Å². The van der Waals surface area contributed by atoms with Gasteiger partial charge in [-0.15, -0.1) is 0 Å². The number of carboxylic acid groups (broad SMARTS) is 1. The number of carboxylic acids is 1. The van der Waals surface area contributed by atoms with Crippen molar-refractivity contribution in [2.24, 2.45) is 0 Å². The first-order chi connectivity index (χ1) is 9.93. The molecule has 2 rings (SSSR count). The summed E-state index contributed by atoms with van der Waals surface area (Å²) >= 11 is 0. The Hall–Kier alpha value is -1.87. The molecule has 2 fully saturated rings. The lowest BCUT2D eigenvalue weighted by atomic mass is 10.2. The molecule has 0 aromatic heterocycles. The summed E-state index contributed by atoms with van der Waals surface area (Å²) in [7, 11) is 1.23. The minimum absolute atomic E-state index is 0.00441. The minimum Gasteiger partial charge on any atom is -0.480 e. The number of carbonyl (C=O) groups is 3. The summed E-state index contributed by atoms with van der Waals surface area (Å²) in [5, 5.41) is 18.7. The molecule has 9 nitrogen and oxygen atoms in total. The van der Waals surface area contributed by atoms with Crippen LogP contribution in [0, 0.1) is 0 Å². The number of aliphatic hydroxyl groups excluding tert-OH is 1. The molecule has 0 aliphatic carbocycles. The average molecular weight is 302 g/mol. The third-order valence-electron chi connectivity index (χ3n) is 3.61. The Bertz CT molecular complexity index is 441. The maximum absolute atomic E-state index is 12.4. The fourth-order valence-electron chi connectivity index (χ4n) is 2.54. The van der Waals surface area contributed by atoms with Gasteiger partial charge in [0.25, 0.3) is 0 Å². The van der Waals surface area contributed by atoms with Crippen LogP contribution in [0.15, 0.2) is 0 Å². The van der Waals surface area contributed by atoms with Gasteiger partial charge in [0.1, 0.15) is 6.04 Å². The Morgan fingerprint density at radius 3 is 2.62 bits per heavy atom. The van der Waals surface area contributed by atoms with Gasteiger partial charge in [-0.25, -0.2) is 14.4 Å². The molecule has 2 heterocycles.